The molecule has 5 heteroatoms. The van der Waals surface area contributed by atoms with Crippen LogP contribution in [0, 0.1) is 0 Å². The maximum Gasteiger partial charge on any atom is 0.412 e. The number of allylic oxidation sites excluding steroid dienone is 1. The number of thioether (sulfide) groups is 1. The monoisotopic (exact) mass is 369 g/mol. The Balaban J connectivity index is 1.88. The van der Waals surface area contributed by atoms with Crippen molar-refractivity contribution in [1.82, 2.24) is 4.90 Å². The van der Waals surface area contributed by atoms with Crippen LogP contribution in [0.15, 0.2) is 77.7 Å². The number of amides is 1. The summed E-state index contributed by atoms with van der Waals surface area (Å²) in [5.74, 6) is 0. The van der Waals surface area contributed by atoms with Crippen LogP contribution >= 0.6 is 11.8 Å². The minimum absolute atomic E-state index is 0.145. The molecule has 0 aromatic heterocycles. The summed E-state index contributed by atoms with van der Waals surface area (Å²) in [6.07, 6.45) is 4.31. The van der Waals surface area contributed by atoms with Crippen LogP contribution in [0.4, 0.5) is 4.79 Å². The van der Waals surface area contributed by atoms with Crippen molar-refractivity contribution in [3.8, 4) is 0 Å². The van der Waals surface area contributed by atoms with Crippen molar-refractivity contribution in [2.24, 2.45) is 0 Å². The van der Waals surface area contributed by atoms with Gasteiger partial charge in [0.05, 0.1) is 18.7 Å². The fourth-order valence-electron chi connectivity index (χ4n) is 3.13. The van der Waals surface area contributed by atoms with E-state index in [2.05, 4.69) is 0 Å². The van der Waals surface area contributed by atoms with Crippen molar-refractivity contribution in [3.05, 3.63) is 78.4 Å². The van der Waals surface area contributed by atoms with Gasteiger partial charge in [0.2, 0.25) is 0 Å². The molecule has 3 atom stereocenters. The zero-order valence-corrected chi connectivity index (χ0v) is 15.5. The van der Waals surface area contributed by atoms with Gasteiger partial charge in [0.15, 0.2) is 5.44 Å². The number of hydrogen-bond acceptors (Lipinski definition) is 4. The van der Waals surface area contributed by atoms with Gasteiger partial charge < -0.3 is 9.84 Å². The van der Waals surface area contributed by atoms with Crippen LogP contribution in [-0.4, -0.2) is 34.2 Å². The lowest BCUT2D eigenvalue weighted by atomic mass is 10.0. The highest BCUT2D eigenvalue weighted by molar-refractivity contribution is 7.99. The van der Waals surface area contributed by atoms with Gasteiger partial charge in [-0.25, -0.2) is 4.79 Å². The number of benzene rings is 2. The molecule has 136 valence electrons. The summed E-state index contributed by atoms with van der Waals surface area (Å²) < 4.78 is 5.70. The van der Waals surface area contributed by atoms with Gasteiger partial charge in [0.25, 0.3) is 0 Å². The second-order valence-corrected chi connectivity index (χ2v) is 7.24. The molecule has 1 fully saturated rings. The van der Waals surface area contributed by atoms with E-state index >= 15 is 0 Å². The fraction of sp³-hybridized carbons (Fsp3) is 0.286. The zero-order valence-electron chi connectivity index (χ0n) is 14.7. The molecule has 2 aromatic carbocycles. The third kappa shape index (κ3) is 4.11. The summed E-state index contributed by atoms with van der Waals surface area (Å²) in [4.78, 5) is 15.4. The Kier molecular flexibility index (Phi) is 6.36. The van der Waals surface area contributed by atoms with Gasteiger partial charge in [-0.15, -0.1) is 0 Å². The first-order valence-electron chi connectivity index (χ1n) is 8.72. The van der Waals surface area contributed by atoms with Crippen molar-refractivity contribution in [2.75, 3.05) is 6.61 Å². The van der Waals surface area contributed by atoms with E-state index in [-0.39, 0.29) is 24.2 Å². The Hall–Kier alpha value is -2.24. The molecule has 1 N–H and O–H groups in total. The summed E-state index contributed by atoms with van der Waals surface area (Å²) in [6.45, 7) is 1.82. The Morgan fingerprint density at radius 1 is 1.15 bits per heavy atom. The highest BCUT2D eigenvalue weighted by atomic mass is 32.2. The lowest BCUT2D eigenvalue weighted by Gasteiger charge is -2.30. The maximum atomic E-state index is 12.7. The lowest BCUT2D eigenvalue weighted by Crippen LogP contribution is -2.40. The van der Waals surface area contributed by atoms with Gasteiger partial charge in [-0.05, 0) is 31.0 Å². The summed E-state index contributed by atoms with van der Waals surface area (Å²) >= 11 is 1.54. The number of hydrogen-bond donors (Lipinski definition) is 1. The number of cyclic esters (lactones) is 1. The summed E-state index contributed by atoms with van der Waals surface area (Å²) in [6, 6.07) is 19.0. The maximum absolute atomic E-state index is 12.7. The molecule has 0 aliphatic carbocycles. The van der Waals surface area contributed by atoms with Crippen LogP contribution in [0.5, 0.6) is 0 Å². The Labute approximate surface area is 158 Å². The van der Waals surface area contributed by atoms with E-state index in [4.69, 9.17) is 4.74 Å². The van der Waals surface area contributed by atoms with Crippen molar-refractivity contribution >= 4 is 17.9 Å². The molecule has 26 heavy (non-hydrogen) atoms. The topological polar surface area (TPSA) is 49.8 Å². The van der Waals surface area contributed by atoms with E-state index < -0.39 is 6.04 Å². The second-order valence-electron chi connectivity index (χ2n) is 6.07. The van der Waals surface area contributed by atoms with Crippen LogP contribution < -0.4 is 0 Å². The fourth-order valence-corrected chi connectivity index (χ4v) is 4.24. The zero-order chi connectivity index (χ0) is 18.4. The highest BCUT2D eigenvalue weighted by Crippen LogP contribution is 2.39. The summed E-state index contributed by atoms with van der Waals surface area (Å²) in [7, 11) is 0. The molecule has 2 aromatic rings. The second kappa shape index (κ2) is 8.92. The van der Waals surface area contributed by atoms with Gasteiger partial charge in [0, 0.05) is 4.90 Å². The van der Waals surface area contributed by atoms with Crippen molar-refractivity contribution in [3.63, 3.8) is 0 Å². The standard InChI is InChI=1S/C21H23NO3S/c1-2-3-14-18-20(26-17-12-8-5-9-13-17)25-21(24)22(18)19(15-23)16-10-6-4-7-11-16/h2-13,18-20,23H,14-15H2,1H3/b3-2+/t18-,19+,20-/m1/s1. The predicted octanol–water partition coefficient (Wildman–Crippen LogP) is 4.63. The number of carbonyl (C=O) groups excluding carboxylic acids is 1. The molecule has 0 bridgehead atoms. The SMILES string of the molecule is C/C=C/C[C@@H]1[C@@H](Sc2ccccc2)OC(=O)N1[C@@H](CO)c1ccccc1. The van der Waals surface area contributed by atoms with Gasteiger partial charge >= 0.3 is 6.09 Å². The first-order valence-corrected chi connectivity index (χ1v) is 9.60. The minimum Gasteiger partial charge on any atom is -0.432 e. The summed E-state index contributed by atoms with van der Waals surface area (Å²) in [5.41, 5.74) is 0.585. The van der Waals surface area contributed by atoms with Crippen LogP contribution in [0.3, 0.4) is 0 Å². The molecule has 1 saturated heterocycles. The van der Waals surface area contributed by atoms with Crippen LogP contribution in [0.25, 0.3) is 0 Å². The molecule has 1 aliphatic rings. The third-order valence-corrected chi connectivity index (χ3v) is 5.59. The van der Waals surface area contributed by atoms with Crippen LogP contribution in [0.1, 0.15) is 24.9 Å². The minimum atomic E-state index is -0.416. The largest absolute Gasteiger partial charge is 0.432 e. The first-order chi connectivity index (χ1) is 12.7. The van der Waals surface area contributed by atoms with Gasteiger partial charge in [0.1, 0.15) is 0 Å². The molecular formula is C21H23NO3S. The van der Waals surface area contributed by atoms with E-state index in [0.717, 1.165) is 10.5 Å². The third-order valence-electron chi connectivity index (χ3n) is 4.40. The first kappa shape index (κ1) is 18.5. The number of aliphatic hydroxyl groups is 1. The molecule has 1 aliphatic heterocycles. The van der Waals surface area contributed by atoms with Crippen LogP contribution in [0.2, 0.25) is 0 Å². The average molecular weight is 369 g/mol. The molecule has 1 heterocycles. The molecule has 0 spiro atoms. The predicted molar refractivity (Wildman–Crippen MR) is 104 cm³/mol. The van der Waals surface area contributed by atoms with Gasteiger partial charge in [-0.3, -0.25) is 4.90 Å². The number of aliphatic hydroxyl groups excluding tert-OH is 1. The van der Waals surface area contributed by atoms with Crippen molar-refractivity contribution in [1.29, 1.82) is 0 Å². The van der Waals surface area contributed by atoms with E-state index in [9.17, 15) is 9.90 Å². The number of ether oxygens (including phenoxy) is 1. The van der Waals surface area contributed by atoms with Crippen molar-refractivity contribution < 1.29 is 14.6 Å². The Morgan fingerprint density at radius 2 is 1.81 bits per heavy atom. The van der Waals surface area contributed by atoms with E-state index in [0.29, 0.717) is 6.42 Å². The van der Waals surface area contributed by atoms with Gasteiger partial charge in [-0.1, -0.05) is 72.4 Å². The smallest absolute Gasteiger partial charge is 0.412 e. The molecule has 0 saturated carbocycles. The highest BCUT2D eigenvalue weighted by Gasteiger charge is 2.45. The van der Waals surface area contributed by atoms with Gasteiger partial charge in [-0.2, -0.15) is 0 Å². The molecule has 4 nitrogen and oxygen atoms in total. The van der Waals surface area contributed by atoms with Crippen LogP contribution in [-0.2, 0) is 4.74 Å². The molecular weight excluding hydrogens is 346 g/mol. The van der Waals surface area contributed by atoms with E-state index in [1.807, 2.05) is 79.7 Å². The lowest BCUT2D eigenvalue weighted by molar-refractivity contribution is 0.116. The quantitative estimate of drug-likeness (QED) is 0.723. The number of rotatable bonds is 7. The normalized spacial score (nSPS) is 21.2. The molecule has 0 unspecified atom stereocenters. The number of nitrogens with zero attached hydrogens (tertiary/aromatic N) is 1. The average Bonchev–Trinajstić information content (AvgIpc) is 2.97. The molecule has 1 amide bonds. The Bertz CT molecular complexity index is 735. The van der Waals surface area contributed by atoms with E-state index in [1.54, 1.807) is 16.7 Å². The number of carbonyl (C=O) groups is 1. The Morgan fingerprint density at radius 3 is 2.42 bits per heavy atom. The summed E-state index contributed by atoms with van der Waals surface area (Å²) in [5, 5.41) is 10.0. The van der Waals surface area contributed by atoms with E-state index in [1.165, 1.54) is 0 Å². The van der Waals surface area contributed by atoms with Crippen molar-refractivity contribution in [2.45, 2.75) is 35.8 Å². The molecule has 0 radical (unpaired) electrons. The molecule has 3 rings (SSSR count).